The monoisotopic (exact) mass is 220 g/mol. The van der Waals surface area contributed by atoms with Crippen LogP contribution < -0.4 is 9.80 Å². The molecular formula is C12H16N2O2. The van der Waals surface area contributed by atoms with Crippen LogP contribution in [0.4, 0.5) is 11.4 Å². The van der Waals surface area contributed by atoms with E-state index < -0.39 is 6.10 Å². The van der Waals surface area contributed by atoms with E-state index in [0.29, 0.717) is 6.54 Å². The Kier molecular flexibility index (Phi) is 2.83. The lowest BCUT2D eigenvalue weighted by Crippen LogP contribution is -2.27. The minimum atomic E-state index is -0.539. The van der Waals surface area contributed by atoms with E-state index in [1.165, 1.54) is 0 Å². The van der Waals surface area contributed by atoms with Gasteiger partial charge < -0.3 is 14.9 Å². The van der Waals surface area contributed by atoms with Crippen molar-refractivity contribution in [3.05, 3.63) is 24.3 Å². The molecule has 0 saturated carbocycles. The molecule has 1 fully saturated rings. The van der Waals surface area contributed by atoms with Gasteiger partial charge in [0.1, 0.15) is 0 Å². The molecule has 0 aliphatic carbocycles. The molecule has 1 aliphatic rings. The number of hydrogen-bond acceptors (Lipinski definition) is 3. The fourth-order valence-corrected chi connectivity index (χ4v) is 1.99. The van der Waals surface area contributed by atoms with Crippen molar-refractivity contribution in [3.63, 3.8) is 0 Å². The predicted molar refractivity (Wildman–Crippen MR) is 63.7 cm³/mol. The number of rotatable bonds is 2. The summed E-state index contributed by atoms with van der Waals surface area (Å²) in [4.78, 5) is 15.3. The summed E-state index contributed by atoms with van der Waals surface area (Å²) in [6.07, 6.45) is -0.315. The van der Waals surface area contributed by atoms with Crippen LogP contribution in [-0.4, -0.2) is 37.8 Å². The first kappa shape index (κ1) is 11.0. The predicted octanol–water partition coefficient (Wildman–Crippen LogP) is 0.850. The first-order valence-corrected chi connectivity index (χ1v) is 5.34. The fraction of sp³-hybridized carbons (Fsp3) is 0.417. The second kappa shape index (κ2) is 4.14. The molecule has 4 nitrogen and oxygen atoms in total. The zero-order chi connectivity index (χ0) is 11.7. The van der Waals surface area contributed by atoms with Crippen LogP contribution >= 0.6 is 0 Å². The van der Waals surface area contributed by atoms with Gasteiger partial charge >= 0.3 is 0 Å². The molecule has 1 saturated heterocycles. The van der Waals surface area contributed by atoms with Crippen molar-refractivity contribution in [3.8, 4) is 0 Å². The Morgan fingerprint density at radius 2 is 2.06 bits per heavy atom. The van der Waals surface area contributed by atoms with Gasteiger partial charge in [-0.1, -0.05) is 12.1 Å². The van der Waals surface area contributed by atoms with Crippen molar-refractivity contribution in [1.82, 2.24) is 0 Å². The summed E-state index contributed by atoms with van der Waals surface area (Å²) in [5.41, 5.74) is 1.86. The Hall–Kier alpha value is -1.55. The molecule has 1 aromatic carbocycles. The summed E-state index contributed by atoms with van der Waals surface area (Å²) < 4.78 is 0. The van der Waals surface area contributed by atoms with Gasteiger partial charge in [-0.25, -0.2) is 0 Å². The Morgan fingerprint density at radius 1 is 1.38 bits per heavy atom. The molecule has 4 heteroatoms. The number of para-hydroxylation sites is 2. The first-order chi connectivity index (χ1) is 7.59. The van der Waals surface area contributed by atoms with Gasteiger partial charge in [0.05, 0.1) is 30.4 Å². The Labute approximate surface area is 95.1 Å². The lowest BCUT2D eigenvalue weighted by atomic mass is 10.2. The third-order valence-electron chi connectivity index (χ3n) is 2.76. The van der Waals surface area contributed by atoms with Crippen molar-refractivity contribution < 1.29 is 9.90 Å². The number of aliphatic hydroxyl groups is 1. The molecule has 0 bridgehead atoms. The molecule has 1 heterocycles. The second-order valence-electron chi connectivity index (χ2n) is 4.25. The summed E-state index contributed by atoms with van der Waals surface area (Å²) in [7, 11) is 3.88. The maximum atomic E-state index is 11.7. The lowest BCUT2D eigenvalue weighted by molar-refractivity contribution is -0.117. The molecule has 1 aliphatic heterocycles. The zero-order valence-corrected chi connectivity index (χ0v) is 9.55. The smallest absolute Gasteiger partial charge is 0.229 e. The van der Waals surface area contributed by atoms with Gasteiger partial charge in [-0.3, -0.25) is 4.79 Å². The minimum Gasteiger partial charge on any atom is -0.391 e. The number of nitrogens with zero attached hydrogens (tertiary/aromatic N) is 2. The number of carbonyl (C=O) groups excluding carboxylic acids is 1. The molecule has 1 unspecified atom stereocenters. The average Bonchev–Trinajstić information content (AvgIpc) is 2.57. The highest BCUT2D eigenvalue weighted by Gasteiger charge is 2.30. The molecule has 1 amide bonds. The van der Waals surface area contributed by atoms with Gasteiger partial charge in [0.15, 0.2) is 0 Å². The highest BCUT2D eigenvalue weighted by atomic mass is 16.3. The SMILES string of the molecule is CN(C)c1ccccc1N1CC(O)CC1=O. The maximum absolute atomic E-state index is 11.7. The molecule has 0 aromatic heterocycles. The first-order valence-electron chi connectivity index (χ1n) is 5.34. The van der Waals surface area contributed by atoms with E-state index in [9.17, 15) is 9.90 Å². The number of amides is 1. The molecular weight excluding hydrogens is 204 g/mol. The van der Waals surface area contributed by atoms with Crippen molar-refractivity contribution in [2.24, 2.45) is 0 Å². The standard InChI is InChI=1S/C12H16N2O2/c1-13(2)10-5-3-4-6-11(10)14-8-9(15)7-12(14)16/h3-6,9,15H,7-8H2,1-2H3. The number of anilines is 2. The molecule has 16 heavy (non-hydrogen) atoms. The average molecular weight is 220 g/mol. The van der Waals surface area contributed by atoms with Gasteiger partial charge in [0.2, 0.25) is 5.91 Å². The van der Waals surface area contributed by atoms with Crippen molar-refractivity contribution in [2.45, 2.75) is 12.5 Å². The normalized spacial score (nSPS) is 20.3. The quantitative estimate of drug-likeness (QED) is 0.803. The van der Waals surface area contributed by atoms with Crippen LogP contribution in [-0.2, 0) is 4.79 Å². The fourth-order valence-electron chi connectivity index (χ4n) is 1.99. The summed E-state index contributed by atoms with van der Waals surface area (Å²) in [5.74, 6) is -0.0122. The highest BCUT2D eigenvalue weighted by Crippen LogP contribution is 2.30. The topological polar surface area (TPSA) is 43.8 Å². The Morgan fingerprint density at radius 3 is 2.62 bits per heavy atom. The summed E-state index contributed by atoms with van der Waals surface area (Å²) >= 11 is 0. The molecule has 86 valence electrons. The minimum absolute atomic E-state index is 0.0122. The van der Waals surface area contributed by atoms with Crippen molar-refractivity contribution in [1.29, 1.82) is 0 Å². The molecule has 0 spiro atoms. The van der Waals surface area contributed by atoms with Crippen LogP contribution in [0.5, 0.6) is 0 Å². The van der Waals surface area contributed by atoms with Crippen molar-refractivity contribution >= 4 is 17.3 Å². The van der Waals surface area contributed by atoms with Crippen molar-refractivity contribution in [2.75, 3.05) is 30.4 Å². The van der Waals surface area contributed by atoms with Gasteiger partial charge in [-0.2, -0.15) is 0 Å². The number of carbonyl (C=O) groups is 1. The number of aliphatic hydroxyl groups excluding tert-OH is 1. The van der Waals surface area contributed by atoms with E-state index in [-0.39, 0.29) is 12.3 Å². The van der Waals surface area contributed by atoms with Crippen LogP contribution in [0.25, 0.3) is 0 Å². The molecule has 1 aromatic rings. The van der Waals surface area contributed by atoms with Gasteiger partial charge in [0, 0.05) is 14.1 Å². The van der Waals surface area contributed by atoms with E-state index in [1.54, 1.807) is 4.90 Å². The second-order valence-corrected chi connectivity index (χ2v) is 4.25. The van der Waals surface area contributed by atoms with E-state index in [4.69, 9.17) is 0 Å². The number of benzene rings is 1. The molecule has 1 atom stereocenters. The summed E-state index contributed by atoms with van der Waals surface area (Å²) in [6, 6.07) is 7.72. The molecule has 0 radical (unpaired) electrons. The van der Waals surface area contributed by atoms with E-state index in [1.807, 2.05) is 43.3 Å². The Balaban J connectivity index is 2.36. The number of hydrogen-bond donors (Lipinski definition) is 1. The highest BCUT2D eigenvalue weighted by molar-refractivity contribution is 5.99. The van der Waals surface area contributed by atoms with Gasteiger partial charge in [-0.05, 0) is 12.1 Å². The summed E-state index contributed by atoms with van der Waals surface area (Å²) in [6.45, 7) is 0.393. The van der Waals surface area contributed by atoms with Crippen LogP contribution in [0, 0.1) is 0 Å². The zero-order valence-electron chi connectivity index (χ0n) is 9.55. The summed E-state index contributed by atoms with van der Waals surface area (Å²) in [5, 5.41) is 9.48. The maximum Gasteiger partial charge on any atom is 0.229 e. The van der Waals surface area contributed by atoms with E-state index >= 15 is 0 Å². The largest absolute Gasteiger partial charge is 0.391 e. The van der Waals surface area contributed by atoms with E-state index in [2.05, 4.69) is 0 Å². The van der Waals surface area contributed by atoms with Crippen LogP contribution in [0.15, 0.2) is 24.3 Å². The van der Waals surface area contributed by atoms with Crippen LogP contribution in [0.2, 0.25) is 0 Å². The molecule has 2 rings (SSSR count). The van der Waals surface area contributed by atoms with Gasteiger partial charge in [-0.15, -0.1) is 0 Å². The van der Waals surface area contributed by atoms with Crippen LogP contribution in [0.1, 0.15) is 6.42 Å². The third-order valence-corrected chi connectivity index (χ3v) is 2.76. The third kappa shape index (κ3) is 1.88. The van der Waals surface area contributed by atoms with E-state index in [0.717, 1.165) is 11.4 Å². The van der Waals surface area contributed by atoms with Crippen LogP contribution in [0.3, 0.4) is 0 Å². The lowest BCUT2D eigenvalue weighted by Gasteiger charge is -2.23. The van der Waals surface area contributed by atoms with Gasteiger partial charge in [0.25, 0.3) is 0 Å². The Bertz CT molecular complexity index is 404. The number of β-amino-alcohol motifs (C(OH)–C–C–N with tert-alkyl or cyclic N) is 1. The molecule has 1 N–H and O–H groups in total.